The van der Waals surface area contributed by atoms with Gasteiger partial charge in [-0.25, -0.2) is 4.39 Å². The van der Waals surface area contributed by atoms with Gasteiger partial charge in [-0.05, 0) is 51.1 Å². The fraction of sp³-hybridized carbons (Fsp3) is 0.667. The van der Waals surface area contributed by atoms with Crippen molar-refractivity contribution in [1.82, 2.24) is 15.1 Å². The number of nitrogens with zero attached hydrogens (tertiary/aromatic N) is 2. The van der Waals surface area contributed by atoms with Gasteiger partial charge in [0.05, 0.1) is 18.2 Å². The van der Waals surface area contributed by atoms with Gasteiger partial charge < -0.3 is 15.0 Å². The summed E-state index contributed by atoms with van der Waals surface area (Å²) in [4.78, 5) is 16.4. The van der Waals surface area contributed by atoms with Crippen LogP contribution in [0, 0.1) is 24.6 Å². The van der Waals surface area contributed by atoms with E-state index in [4.69, 9.17) is 4.74 Å². The van der Waals surface area contributed by atoms with Crippen LogP contribution >= 0.6 is 0 Å². The maximum Gasteiger partial charge on any atom is 0.234 e. The van der Waals surface area contributed by atoms with Gasteiger partial charge >= 0.3 is 0 Å². The molecule has 0 saturated carbocycles. The van der Waals surface area contributed by atoms with E-state index >= 15 is 0 Å². The van der Waals surface area contributed by atoms with Crippen LogP contribution in [0.3, 0.4) is 0 Å². The Morgan fingerprint density at radius 1 is 1.44 bits per heavy atom. The maximum atomic E-state index is 13.5. The largest absolute Gasteiger partial charge is 0.370 e. The Bertz CT molecular complexity index is 725. The second-order valence-corrected chi connectivity index (χ2v) is 8.83. The van der Waals surface area contributed by atoms with Gasteiger partial charge in [-0.2, -0.15) is 0 Å². The van der Waals surface area contributed by atoms with E-state index < -0.39 is 0 Å². The third-order valence-corrected chi connectivity index (χ3v) is 6.48. The number of rotatable bonds is 6. The Labute approximate surface area is 160 Å². The molecule has 1 aromatic carbocycles. The van der Waals surface area contributed by atoms with Crippen molar-refractivity contribution in [3.63, 3.8) is 0 Å². The van der Waals surface area contributed by atoms with Crippen LogP contribution in [0.1, 0.15) is 24.0 Å². The summed E-state index contributed by atoms with van der Waals surface area (Å²) in [5.41, 5.74) is 1.80. The molecule has 3 aliphatic rings. The first-order chi connectivity index (χ1) is 12.9. The van der Waals surface area contributed by atoms with Crippen molar-refractivity contribution in [2.75, 3.05) is 40.3 Å². The summed E-state index contributed by atoms with van der Waals surface area (Å²) in [5, 5.41) is 3.11. The molecule has 4 rings (SSSR count). The molecule has 1 amide bonds. The molecule has 3 heterocycles. The van der Waals surface area contributed by atoms with Crippen LogP contribution in [0.4, 0.5) is 4.39 Å². The summed E-state index contributed by atoms with van der Waals surface area (Å²) >= 11 is 0. The van der Waals surface area contributed by atoms with Crippen molar-refractivity contribution >= 4 is 5.91 Å². The SMILES string of the molecule is Cc1cc(CN2C[C@@H]3[C@H](CNC(=O)CN(C)C)[C@H]4CC[C@]3(C2)O4)ccc1F. The minimum absolute atomic E-state index is 0.0450. The number of amides is 1. The summed E-state index contributed by atoms with van der Waals surface area (Å²) in [5.74, 6) is 0.793. The normalized spacial score (nSPS) is 32.3. The molecule has 2 bridgehead atoms. The summed E-state index contributed by atoms with van der Waals surface area (Å²) in [6.45, 7) is 5.69. The number of benzene rings is 1. The Kier molecular flexibility index (Phi) is 4.99. The van der Waals surface area contributed by atoms with Gasteiger partial charge in [-0.1, -0.05) is 12.1 Å². The molecule has 27 heavy (non-hydrogen) atoms. The van der Waals surface area contributed by atoms with E-state index in [-0.39, 0.29) is 23.4 Å². The molecule has 1 aromatic rings. The van der Waals surface area contributed by atoms with Crippen molar-refractivity contribution in [3.05, 3.63) is 35.1 Å². The molecule has 1 N–H and O–H groups in total. The van der Waals surface area contributed by atoms with Gasteiger partial charge in [0.25, 0.3) is 0 Å². The molecular weight excluding hydrogens is 345 g/mol. The number of ether oxygens (including phenoxy) is 1. The molecule has 3 aliphatic heterocycles. The van der Waals surface area contributed by atoms with Crippen LogP contribution in [0.5, 0.6) is 0 Å². The van der Waals surface area contributed by atoms with E-state index in [0.717, 1.165) is 38.0 Å². The highest BCUT2D eigenvalue weighted by Gasteiger charge is 2.62. The number of fused-ring (bicyclic) bond motifs is 1. The van der Waals surface area contributed by atoms with E-state index in [2.05, 4.69) is 10.2 Å². The average molecular weight is 375 g/mol. The number of hydrogen-bond acceptors (Lipinski definition) is 4. The minimum atomic E-state index is -0.147. The number of aryl methyl sites for hydroxylation is 1. The van der Waals surface area contributed by atoms with Gasteiger partial charge in [-0.15, -0.1) is 0 Å². The van der Waals surface area contributed by atoms with E-state index in [1.165, 1.54) is 0 Å². The monoisotopic (exact) mass is 375 g/mol. The van der Waals surface area contributed by atoms with E-state index in [1.807, 2.05) is 38.1 Å². The van der Waals surface area contributed by atoms with E-state index in [9.17, 15) is 9.18 Å². The Morgan fingerprint density at radius 2 is 2.26 bits per heavy atom. The highest BCUT2D eigenvalue weighted by Crippen LogP contribution is 2.54. The molecule has 6 heteroatoms. The molecule has 1 spiro atoms. The van der Waals surface area contributed by atoms with Crippen LogP contribution in [0.25, 0.3) is 0 Å². The molecule has 148 valence electrons. The summed E-state index contributed by atoms with van der Waals surface area (Å²) < 4.78 is 20.0. The van der Waals surface area contributed by atoms with Crippen LogP contribution in [0.2, 0.25) is 0 Å². The first kappa shape index (κ1) is 18.8. The lowest BCUT2D eigenvalue weighted by Gasteiger charge is -2.29. The third kappa shape index (κ3) is 3.62. The topological polar surface area (TPSA) is 44.8 Å². The lowest BCUT2D eigenvalue weighted by atomic mass is 9.73. The molecule has 4 atom stereocenters. The predicted octanol–water partition coefficient (Wildman–Crippen LogP) is 1.79. The smallest absolute Gasteiger partial charge is 0.234 e. The van der Waals surface area contributed by atoms with Gasteiger partial charge in [-0.3, -0.25) is 9.69 Å². The van der Waals surface area contributed by atoms with Crippen molar-refractivity contribution in [2.24, 2.45) is 11.8 Å². The molecule has 3 fully saturated rings. The van der Waals surface area contributed by atoms with Crippen molar-refractivity contribution in [2.45, 2.75) is 38.0 Å². The van der Waals surface area contributed by atoms with Gasteiger partial charge in [0.1, 0.15) is 5.82 Å². The summed E-state index contributed by atoms with van der Waals surface area (Å²) in [6, 6.07) is 5.38. The number of carbonyl (C=O) groups excluding carboxylic acids is 1. The van der Waals surface area contributed by atoms with Crippen LogP contribution in [-0.2, 0) is 16.1 Å². The quantitative estimate of drug-likeness (QED) is 0.824. The first-order valence-electron chi connectivity index (χ1n) is 9.93. The fourth-order valence-corrected chi connectivity index (χ4v) is 5.32. The highest BCUT2D eigenvalue weighted by atomic mass is 19.1. The second kappa shape index (κ2) is 7.15. The maximum absolute atomic E-state index is 13.5. The molecule has 0 unspecified atom stereocenters. The van der Waals surface area contributed by atoms with Gasteiger partial charge in [0.2, 0.25) is 5.91 Å². The zero-order chi connectivity index (χ0) is 19.2. The molecule has 0 aromatic heterocycles. The first-order valence-corrected chi connectivity index (χ1v) is 9.93. The lowest BCUT2D eigenvalue weighted by molar-refractivity contribution is -0.122. The lowest BCUT2D eigenvalue weighted by Crippen LogP contribution is -2.43. The van der Waals surface area contributed by atoms with Crippen molar-refractivity contribution in [1.29, 1.82) is 0 Å². The number of likely N-dealkylation sites (N-methyl/N-ethyl adjacent to an activating group) is 1. The second-order valence-electron chi connectivity index (χ2n) is 8.83. The van der Waals surface area contributed by atoms with E-state index in [0.29, 0.717) is 30.5 Å². The standard InChI is InChI=1S/C21H30FN3O2/c1-14-8-15(4-5-18(14)22)10-25-11-17-16(9-23-20(26)12-24(2)3)19-6-7-21(17,13-25)27-19/h4-5,8,16-17,19H,6-7,9-13H2,1-3H3,(H,23,26)/t16-,17+,19+,21+/m0/s1. The number of likely N-dealkylation sites (tertiary alicyclic amines) is 1. The zero-order valence-electron chi connectivity index (χ0n) is 16.5. The van der Waals surface area contributed by atoms with Crippen LogP contribution in [-0.4, -0.2) is 67.7 Å². The fourth-order valence-electron chi connectivity index (χ4n) is 5.32. The molecule has 0 radical (unpaired) electrons. The van der Waals surface area contributed by atoms with Crippen LogP contribution < -0.4 is 5.32 Å². The Morgan fingerprint density at radius 3 is 3.00 bits per heavy atom. The van der Waals surface area contributed by atoms with Gasteiger partial charge in [0.15, 0.2) is 0 Å². The third-order valence-electron chi connectivity index (χ3n) is 6.48. The summed E-state index contributed by atoms with van der Waals surface area (Å²) in [7, 11) is 3.81. The number of hydrogen-bond donors (Lipinski definition) is 1. The molecule has 0 aliphatic carbocycles. The predicted molar refractivity (Wildman–Crippen MR) is 102 cm³/mol. The average Bonchev–Trinajstić information content (AvgIpc) is 3.23. The molecule has 5 nitrogen and oxygen atoms in total. The minimum Gasteiger partial charge on any atom is -0.370 e. The Balaban J connectivity index is 1.39. The summed E-state index contributed by atoms with van der Waals surface area (Å²) in [6.07, 6.45) is 2.49. The number of nitrogens with one attached hydrogen (secondary N) is 1. The van der Waals surface area contributed by atoms with Crippen LogP contribution in [0.15, 0.2) is 18.2 Å². The molecule has 3 saturated heterocycles. The van der Waals surface area contributed by atoms with Crippen molar-refractivity contribution < 1.29 is 13.9 Å². The zero-order valence-corrected chi connectivity index (χ0v) is 16.5. The van der Waals surface area contributed by atoms with E-state index in [1.54, 1.807) is 6.07 Å². The molecular formula is C21H30FN3O2. The number of halogens is 1. The van der Waals surface area contributed by atoms with Crippen molar-refractivity contribution in [3.8, 4) is 0 Å². The Hall–Kier alpha value is -1.50. The number of carbonyl (C=O) groups is 1. The van der Waals surface area contributed by atoms with Gasteiger partial charge in [0, 0.05) is 38.0 Å². The highest BCUT2D eigenvalue weighted by molar-refractivity contribution is 5.77.